The Labute approximate surface area is 139 Å². The average molecular weight is 328 g/mol. The summed E-state index contributed by atoms with van der Waals surface area (Å²) in [5.74, 6) is -0.110. The van der Waals surface area contributed by atoms with Gasteiger partial charge in [0.05, 0.1) is 5.69 Å². The summed E-state index contributed by atoms with van der Waals surface area (Å²) in [6, 6.07) is 10.1. The van der Waals surface area contributed by atoms with Crippen molar-refractivity contribution in [1.29, 1.82) is 0 Å². The van der Waals surface area contributed by atoms with Crippen LogP contribution in [0.4, 0.5) is 5.69 Å². The highest BCUT2D eigenvalue weighted by Gasteiger charge is 2.32. The van der Waals surface area contributed by atoms with Gasteiger partial charge >= 0.3 is 0 Å². The third-order valence-electron chi connectivity index (χ3n) is 3.39. The van der Waals surface area contributed by atoms with E-state index in [1.165, 1.54) is 4.88 Å². The minimum absolute atomic E-state index is 0.110. The van der Waals surface area contributed by atoms with Crippen molar-refractivity contribution < 1.29 is 4.79 Å². The first-order chi connectivity index (χ1) is 10.4. The van der Waals surface area contributed by atoms with Gasteiger partial charge < -0.3 is 5.32 Å². The van der Waals surface area contributed by atoms with Crippen LogP contribution >= 0.6 is 23.6 Å². The fourth-order valence-electron chi connectivity index (χ4n) is 2.52. The minimum atomic E-state index is -0.110. The molecule has 112 valence electrons. The van der Waals surface area contributed by atoms with E-state index in [9.17, 15) is 4.79 Å². The summed E-state index contributed by atoms with van der Waals surface area (Å²) in [5.41, 5.74) is 3.55. The highest BCUT2D eigenvalue weighted by Crippen LogP contribution is 2.26. The molecular formula is C17H16N2OS2. The van der Waals surface area contributed by atoms with Gasteiger partial charge in [-0.25, -0.2) is 0 Å². The molecule has 3 nitrogen and oxygen atoms in total. The van der Waals surface area contributed by atoms with Gasteiger partial charge in [0.15, 0.2) is 5.11 Å². The topological polar surface area (TPSA) is 32.3 Å². The van der Waals surface area contributed by atoms with E-state index >= 15 is 0 Å². The van der Waals surface area contributed by atoms with Crippen molar-refractivity contribution in [1.82, 2.24) is 5.32 Å². The second-order valence-electron chi connectivity index (χ2n) is 5.42. The van der Waals surface area contributed by atoms with Crippen molar-refractivity contribution in [3.8, 4) is 0 Å². The van der Waals surface area contributed by atoms with E-state index in [0.29, 0.717) is 10.8 Å². The zero-order valence-electron chi connectivity index (χ0n) is 12.6. The molecule has 1 aromatic carbocycles. The first-order valence-electron chi connectivity index (χ1n) is 6.96. The Balaban J connectivity index is 1.96. The lowest BCUT2D eigenvalue weighted by atomic mass is 10.1. The molecule has 0 aliphatic carbocycles. The number of benzene rings is 1. The van der Waals surface area contributed by atoms with Crippen LogP contribution in [-0.2, 0) is 4.79 Å². The highest BCUT2D eigenvalue weighted by molar-refractivity contribution is 7.80. The molecule has 5 heteroatoms. The number of amides is 1. The van der Waals surface area contributed by atoms with E-state index in [0.717, 1.165) is 21.7 Å². The zero-order chi connectivity index (χ0) is 15.9. The first-order valence-corrected chi connectivity index (χ1v) is 8.18. The molecule has 1 amide bonds. The number of aryl methyl sites for hydroxylation is 3. The van der Waals surface area contributed by atoms with Gasteiger partial charge in [0.1, 0.15) is 5.70 Å². The number of rotatable bonds is 2. The number of nitrogens with zero attached hydrogens (tertiary/aromatic N) is 1. The summed E-state index contributed by atoms with van der Waals surface area (Å²) in [5, 5.41) is 3.45. The molecule has 0 spiro atoms. The van der Waals surface area contributed by atoms with E-state index in [2.05, 4.69) is 11.4 Å². The maximum atomic E-state index is 12.7. The van der Waals surface area contributed by atoms with Crippen LogP contribution in [-0.4, -0.2) is 11.0 Å². The molecule has 0 unspecified atom stereocenters. The van der Waals surface area contributed by atoms with Crippen molar-refractivity contribution in [3.63, 3.8) is 0 Å². The maximum absolute atomic E-state index is 12.7. The van der Waals surface area contributed by atoms with Crippen molar-refractivity contribution in [2.45, 2.75) is 20.8 Å². The summed E-state index contributed by atoms with van der Waals surface area (Å²) in [4.78, 5) is 16.5. The van der Waals surface area contributed by atoms with Gasteiger partial charge in [-0.15, -0.1) is 11.3 Å². The van der Waals surface area contributed by atoms with Crippen LogP contribution in [0.25, 0.3) is 6.08 Å². The molecule has 0 saturated carbocycles. The van der Waals surface area contributed by atoms with Crippen molar-refractivity contribution in [3.05, 3.63) is 56.9 Å². The molecule has 1 fully saturated rings. The van der Waals surface area contributed by atoms with Gasteiger partial charge in [-0.1, -0.05) is 6.07 Å². The van der Waals surface area contributed by atoms with Gasteiger partial charge in [0.2, 0.25) is 0 Å². The number of thiocarbonyl (C=S) groups is 1. The Bertz CT molecular complexity index is 784. The van der Waals surface area contributed by atoms with Crippen molar-refractivity contribution >= 4 is 46.3 Å². The number of hydrogen-bond acceptors (Lipinski definition) is 3. The second-order valence-corrected chi connectivity index (χ2v) is 7.13. The molecular weight excluding hydrogens is 312 g/mol. The molecule has 2 heterocycles. The van der Waals surface area contributed by atoms with Crippen LogP contribution in [0.3, 0.4) is 0 Å². The predicted molar refractivity (Wildman–Crippen MR) is 96.2 cm³/mol. The fraction of sp³-hybridized carbons (Fsp3) is 0.176. The normalized spacial score (nSPS) is 16.5. The molecule has 0 atom stereocenters. The first kappa shape index (κ1) is 14.9. The summed E-state index contributed by atoms with van der Waals surface area (Å²) in [6.07, 6.45) is 1.86. The number of thiophene rings is 1. The Morgan fingerprint density at radius 3 is 2.41 bits per heavy atom. The Morgan fingerprint density at radius 2 is 1.82 bits per heavy atom. The Kier molecular flexibility index (Phi) is 3.85. The smallest absolute Gasteiger partial charge is 0.281 e. The average Bonchev–Trinajstić information content (AvgIpc) is 2.93. The van der Waals surface area contributed by atoms with Crippen LogP contribution in [0.15, 0.2) is 36.0 Å². The molecule has 1 saturated heterocycles. The van der Waals surface area contributed by atoms with Gasteiger partial charge in [-0.2, -0.15) is 0 Å². The maximum Gasteiger partial charge on any atom is 0.281 e. The van der Waals surface area contributed by atoms with Crippen molar-refractivity contribution in [2.24, 2.45) is 0 Å². The van der Waals surface area contributed by atoms with Crippen LogP contribution in [0.1, 0.15) is 20.9 Å². The van der Waals surface area contributed by atoms with E-state index in [1.807, 2.05) is 51.1 Å². The molecule has 3 rings (SSSR count). The highest BCUT2D eigenvalue weighted by atomic mass is 32.1. The lowest BCUT2D eigenvalue weighted by Crippen LogP contribution is -2.30. The van der Waals surface area contributed by atoms with Gasteiger partial charge in [-0.3, -0.25) is 9.69 Å². The number of carbonyl (C=O) groups is 1. The molecule has 2 aromatic rings. The largest absolute Gasteiger partial charge is 0.327 e. The summed E-state index contributed by atoms with van der Waals surface area (Å²) < 4.78 is 0. The summed E-state index contributed by atoms with van der Waals surface area (Å²) >= 11 is 6.99. The number of anilines is 1. The Morgan fingerprint density at radius 1 is 1.14 bits per heavy atom. The van der Waals surface area contributed by atoms with Crippen molar-refractivity contribution in [2.75, 3.05) is 4.90 Å². The molecule has 1 aliphatic heterocycles. The molecule has 1 N–H and O–H groups in total. The molecule has 0 radical (unpaired) electrons. The summed E-state index contributed by atoms with van der Waals surface area (Å²) in [6.45, 7) is 6.07. The van der Waals surface area contributed by atoms with Crippen LogP contribution in [0.5, 0.6) is 0 Å². The van der Waals surface area contributed by atoms with Crippen LogP contribution in [0.2, 0.25) is 0 Å². The minimum Gasteiger partial charge on any atom is -0.327 e. The monoisotopic (exact) mass is 328 g/mol. The molecule has 22 heavy (non-hydrogen) atoms. The fourth-order valence-corrected chi connectivity index (χ4v) is 3.64. The third kappa shape index (κ3) is 2.82. The van der Waals surface area contributed by atoms with E-state index in [4.69, 9.17) is 12.2 Å². The predicted octanol–water partition coefficient (Wildman–Crippen LogP) is 3.94. The molecule has 0 bridgehead atoms. The standard InChI is InChI=1S/C17H16N2OS2/c1-10-6-11(2)8-13(7-10)19-16(20)15(18-17(19)21)9-14-5-4-12(3)22-14/h4-9H,1-3H3,(H,18,21)/b15-9-. The molecule has 1 aromatic heterocycles. The lowest BCUT2D eigenvalue weighted by Gasteiger charge is -2.15. The Hall–Kier alpha value is -1.98. The zero-order valence-corrected chi connectivity index (χ0v) is 14.3. The van der Waals surface area contributed by atoms with E-state index < -0.39 is 0 Å². The quantitative estimate of drug-likeness (QED) is 0.669. The summed E-state index contributed by atoms with van der Waals surface area (Å²) in [7, 11) is 0. The number of nitrogens with one attached hydrogen (secondary N) is 1. The third-order valence-corrected chi connectivity index (χ3v) is 4.62. The number of hydrogen-bond donors (Lipinski definition) is 1. The SMILES string of the molecule is Cc1cc(C)cc(N2C(=O)/C(=C/c3ccc(C)s3)NC2=S)c1. The van der Waals surface area contributed by atoms with Crippen LogP contribution < -0.4 is 10.2 Å². The lowest BCUT2D eigenvalue weighted by molar-refractivity contribution is -0.113. The second kappa shape index (κ2) is 5.66. The number of carbonyl (C=O) groups excluding carboxylic acids is 1. The molecule has 1 aliphatic rings. The van der Waals surface area contributed by atoms with Crippen LogP contribution in [0, 0.1) is 20.8 Å². The van der Waals surface area contributed by atoms with Gasteiger partial charge in [-0.05, 0) is 74.5 Å². The van der Waals surface area contributed by atoms with E-state index in [1.54, 1.807) is 16.2 Å². The van der Waals surface area contributed by atoms with E-state index in [-0.39, 0.29) is 5.91 Å². The van der Waals surface area contributed by atoms with Gasteiger partial charge in [0, 0.05) is 9.75 Å². The van der Waals surface area contributed by atoms with Gasteiger partial charge in [0.25, 0.3) is 5.91 Å².